The standard InChI is InChI=1S/C22H23F3N4O2/c23-22(24,25)9-10-26-21-27-11-18-19(15-3-1-14(13-30)2-4-15)12-29(20(18)28-21)16-5-7-17(31)8-6-16/h1-4,11-13,16-17,31H,5-10H2,(H,26,27,28)/t16-,17-. The van der Waals surface area contributed by atoms with Gasteiger partial charge < -0.3 is 15.0 Å². The smallest absolute Gasteiger partial charge is 0.390 e. The van der Waals surface area contributed by atoms with Gasteiger partial charge in [-0.15, -0.1) is 0 Å². The highest BCUT2D eigenvalue weighted by Crippen LogP contribution is 2.36. The van der Waals surface area contributed by atoms with Crippen molar-refractivity contribution in [3.63, 3.8) is 0 Å². The molecule has 4 rings (SSSR count). The molecule has 1 aromatic carbocycles. The zero-order chi connectivity index (χ0) is 22.0. The van der Waals surface area contributed by atoms with Crippen LogP contribution in [0, 0.1) is 0 Å². The Morgan fingerprint density at radius 3 is 2.52 bits per heavy atom. The van der Waals surface area contributed by atoms with Crippen molar-refractivity contribution in [1.29, 1.82) is 0 Å². The number of aromatic nitrogens is 3. The van der Waals surface area contributed by atoms with Gasteiger partial charge in [0.15, 0.2) is 0 Å². The summed E-state index contributed by atoms with van der Waals surface area (Å²) >= 11 is 0. The first kappa shape index (κ1) is 21.3. The molecular formula is C22H23F3N4O2. The van der Waals surface area contributed by atoms with Crippen LogP contribution in [-0.4, -0.2) is 44.8 Å². The summed E-state index contributed by atoms with van der Waals surface area (Å²) in [6, 6.07) is 7.30. The highest BCUT2D eigenvalue weighted by atomic mass is 19.4. The van der Waals surface area contributed by atoms with Crippen molar-refractivity contribution in [3.05, 3.63) is 42.2 Å². The largest absolute Gasteiger partial charge is 0.393 e. The van der Waals surface area contributed by atoms with Crippen LogP contribution in [0.3, 0.4) is 0 Å². The van der Waals surface area contributed by atoms with E-state index in [0.717, 1.165) is 35.6 Å². The molecule has 0 spiro atoms. The Morgan fingerprint density at radius 1 is 1.16 bits per heavy atom. The van der Waals surface area contributed by atoms with E-state index in [2.05, 4.69) is 15.3 Å². The molecule has 0 radical (unpaired) electrons. The second kappa shape index (κ2) is 8.66. The van der Waals surface area contributed by atoms with Gasteiger partial charge in [0, 0.05) is 41.5 Å². The monoisotopic (exact) mass is 432 g/mol. The van der Waals surface area contributed by atoms with E-state index in [1.54, 1.807) is 18.3 Å². The predicted molar refractivity (Wildman–Crippen MR) is 111 cm³/mol. The molecule has 2 N–H and O–H groups in total. The molecular weight excluding hydrogens is 409 g/mol. The highest BCUT2D eigenvalue weighted by molar-refractivity contribution is 5.94. The number of halogens is 3. The molecule has 0 amide bonds. The number of carbonyl (C=O) groups excluding carboxylic acids is 1. The lowest BCUT2D eigenvalue weighted by Gasteiger charge is -2.27. The lowest BCUT2D eigenvalue weighted by Crippen LogP contribution is -2.21. The Labute approximate surface area is 177 Å². The molecule has 2 heterocycles. The molecule has 6 nitrogen and oxygen atoms in total. The van der Waals surface area contributed by atoms with Crippen molar-refractivity contribution in [2.24, 2.45) is 0 Å². The third-order valence-electron chi connectivity index (χ3n) is 5.68. The van der Waals surface area contributed by atoms with Crippen LogP contribution in [0.25, 0.3) is 22.2 Å². The molecule has 0 aliphatic heterocycles. The fraction of sp³-hybridized carbons (Fsp3) is 0.409. The fourth-order valence-electron chi connectivity index (χ4n) is 4.02. The zero-order valence-corrected chi connectivity index (χ0v) is 16.8. The van der Waals surface area contributed by atoms with E-state index in [0.29, 0.717) is 24.1 Å². The number of fused-ring (bicyclic) bond motifs is 1. The van der Waals surface area contributed by atoms with E-state index in [1.807, 2.05) is 22.9 Å². The molecule has 3 aromatic rings. The highest BCUT2D eigenvalue weighted by Gasteiger charge is 2.27. The molecule has 0 atom stereocenters. The Kier molecular flexibility index (Phi) is 5.95. The second-order valence-corrected chi connectivity index (χ2v) is 7.88. The molecule has 164 valence electrons. The quantitative estimate of drug-likeness (QED) is 0.550. The summed E-state index contributed by atoms with van der Waals surface area (Å²) in [5, 5.41) is 13.3. The number of alkyl halides is 3. The van der Waals surface area contributed by atoms with E-state index in [9.17, 15) is 23.1 Å². The van der Waals surface area contributed by atoms with E-state index >= 15 is 0 Å². The lowest BCUT2D eigenvalue weighted by molar-refractivity contribution is -0.131. The molecule has 1 fully saturated rings. The number of nitrogens with one attached hydrogen (secondary N) is 1. The maximum absolute atomic E-state index is 12.5. The second-order valence-electron chi connectivity index (χ2n) is 7.88. The van der Waals surface area contributed by atoms with Gasteiger partial charge in [-0.3, -0.25) is 4.79 Å². The summed E-state index contributed by atoms with van der Waals surface area (Å²) in [5.74, 6) is 0.148. The van der Waals surface area contributed by atoms with Crippen LogP contribution in [0.15, 0.2) is 36.7 Å². The minimum atomic E-state index is -4.25. The van der Waals surface area contributed by atoms with Crippen LogP contribution in [0.5, 0.6) is 0 Å². The van der Waals surface area contributed by atoms with E-state index in [1.165, 1.54) is 0 Å². The summed E-state index contributed by atoms with van der Waals surface area (Å²) in [7, 11) is 0. The first-order chi connectivity index (χ1) is 14.8. The number of carbonyl (C=O) groups is 1. The van der Waals surface area contributed by atoms with Crippen LogP contribution in [-0.2, 0) is 0 Å². The number of nitrogens with zero attached hydrogens (tertiary/aromatic N) is 3. The molecule has 0 saturated heterocycles. The topological polar surface area (TPSA) is 80.0 Å². The molecule has 1 aliphatic carbocycles. The minimum Gasteiger partial charge on any atom is -0.393 e. The number of anilines is 1. The molecule has 1 saturated carbocycles. The average molecular weight is 432 g/mol. The average Bonchev–Trinajstić information content (AvgIpc) is 3.12. The number of rotatable bonds is 6. The van der Waals surface area contributed by atoms with Gasteiger partial charge in [0.1, 0.15) is 11.9 Å². The third kappa shape index (κ3) is 4.87. The third-order valence-corrected chi connectivity index (χ3v) is 5.68. The summed E-state index contributed by atoms with van der Waals surface area (Å²) in [5.41, 5.74) is 2.99. The molecule has 9 heteroatoms. The van der Waals surface area contributed by atoms with Crippen LogP contribution < -0.4 is 5.32 Å². The van der Waals surface area contributed by atoms with Gasteiger partial charge >= 0.3 is 6.18 Å². The Bertz CT molecular complexity index is 1060. The summed E-state index contributed by atoms with van der Waals surface area (Å²) < 4.78 is 39.4. The van der Waals surface area contributed by atoms with Gasteiger partial charge in [-0.25, -0.2) is 4.98 Å². The van der Waals surface area contributed by atoms with E-state index < -0.39 is 12.6 Å². The predicted octanol–water partition coefficient (Wildman–Crippen LogP) is 4.75. The van der Waals surface area contributed by atoms with Gasteiger partial charge in [0.05, 0.1) is 12.5 Å². The van der Waals surface area contributed by atoms with Crippen LogP contribution >= 0.6 is 0 Å². The van der Waals surface area contributed by atoms with E-state index in [4.69, 9.17) is 0 Å². The first-order valence-electron chi connectivity index (χ1n) is 10.3. The van der Waals surface area contributed by atoms with E-state index in [-0.39, 0.29) is 24.6 Å². The zero-order valence-electron chi connectivity index (χ0n) is 16.8. The van der Waals surface area contributed by atoms with Gasteiger partial charge in [0.2, 0.25) is 5.95 Å². The normalized spacial score (nSPS) is 19.5. The summed E-state index contributed by atoms with van der Waals surface area (Å²) in [6.45, 7) is -0.300. The van der Waals surface area contributed by atoms with Crippen LogP contribution in [0.4, 0.5) is 19.1 Å². The Morgan fingerprint density at radius 2 is 1.87 bits per heavy atom. The van der Waals surface area contributed by atoms with Crippen LogP contribution in [0.2, 0.25) is 0 Å². The van der Waals surface area contributed by atoms with Crippen molar-refractivity contribution in [2.45, 2.75) is 50.4 Å². The SMILES string of the molecule is O=Cc1ccc(-c2cn([C@H]3CC[C@H](O)CC3)c3nc(NCCC(F)(F)F)ncc23)cc1. The first-order valence-corrected chi connectivity index (χ1v) is 10.3. The lowest BCUT2D eigenvalue weighted by atomic mass is 9.93. The van der Waals surface area contributed by atoms with Gasteiger partial charge in [-0.2, -0.15) is 18.2 Å². The maximum Gasteiger partial charge on any atom is 0.390 e. The van der Waals surface area contributed by atoms with Crippen LogP contribution in [0.1, 0.15) is 48.5 Å². The number of aldehydes is 1. The maximum atomic E-state index is 12.5. The number of aliphatic hydroxyl groups is 1. The Balaban J connectivity index is 1.71. The number of hydrogen-bond acceptors (Lipinski definition) is 5. The van der Waals surface area contributed by atoms with Crippen molar-refractivity contribution in [1.82, 2.24) is 14.5 Å². The number of benzene rings is 1. The summed E-state index contributed by atoms with van der Waals surface area (Å²) in [4.78, 5) is 19.7. The fourth-order valence-corrected chi connectivity index (χ4v) is 4.02. The van der Waals surface area contributed by atoms with Gasteiger partial charge in [-0.05, 0) is 31.2 Å². The van der Waals surface area contributed by atoms with Gasteiger partial charge in [0.25, 0.3) is 0 Å². The number of hydrogen-bond donors (Lipinski definition) is 2. The molecule has 2 aromatic heterocycles. The minimum absolute atomic E-state index is 0.131. The van der Waals surface area contributed by atoms with Crippen molar-refractivity contribution in [2.75, 3.05) is 11.9 Å². The van der Waals surface area contributed by atoms with Gasteiger partial charge in [-0.1, -0.05) is 24.3 Å². The number of aliphatic hydroxyl groups excluding tert-OH is 1. The van der Waals surface area contributed by atoms with Crippen molar-refractivity contribution < 1.29 is 23.1 Å². The van der Waals surface area contributed by atoms with Crippen molar-refractivity contribution in [3.8, 4) is 11.1 Å². The van der Waals surface area contributed by atoms with Crippen molar-refractivity contribution >= 4 is 23.3 Å². The Hall–Kier alpha value is -2.94. The molecule has 0 bridgehead atoms. The molecule has 1 aliphatic rings. The molecule has 31 heavy (non-hydrogen) atoms. The summed E-state index contributed by atoms with van der Waals surface area (Å²) in [6.07, 6.45) is 1.82. The molecule has 0 unspecified atom stereocenters.